The number of aryl methyl sites for hydroxylation is 1. The Morgan fingerprint density at radius 2 is 1.69 bits per heavy atom. The lowest BCUT2D eigenvalue weighted by atomic mass is 9.85. The fraction of sp³-hybridized carbons (Fsp3) is 0.241. The van der Waals surface area contributed by atoms with Crippen molar-refractivity contribution in [3.8, 4) is 5.75 Å². The molecule has 1 N–H and O–H groups in total. The molecule has 1 aliphatic heterocycles. The van der Waals surface area contributed by atoms with Crippen LogP contribution in [0.3, 0.4) is 0 Å². The first-order valence-corrected chi connectivity index (χ1v) is 12.2. The zero-order chi connectivity index (χ0) is 26.4. The lowest BCUT2D eigenvalue weighted by molar-refractivity contribution is -0.132. The van der Waals surface area contributed by atoms with Gasteiger partial charge in [0.25, 0.3) is 11.7 Å². The quantitative estimate of drug-likeness (QED) is 0.222. The number of aliphatic hydroxyl groups is 1. The van der Waals surface area contributed by atoms with Crippen molar-refractivity contribution >= 4 is 46.3 Å². The molecule has 1 atom stereocenters. The summed E-state index contributed by atoms with van der Waals surface area (Å²) >= 11 is 12.4. The molecule has 1 amide bonds. The van der Waals surface area contributed by atoms with E-state index in [-0.39, 0.29) is 21.8 Å². The summed E-state index contributed by atoms with van der Waals surface area (Å²) in [5, 5.41) is 12.2. The fourth-order valence-electron chi connectivity index (χ4n) is 4.39. The van der Waals surface area contributed by atoms with E-state index in [9.17, 15) is 14.7 Å². The van der Waals surface area contributed by atoms with Crippen LogP contribution in [0.5, 0.6) is 5.75 Å². The van der Waals surface area contributed by atoms with Crippen LogP contribution in [0, 0.1) is 6.92 Å². The second-order valence-electron chi connectivity index (χ2n) is 9.85. The highest BCUT2D eigenvalue weighted by Gasteiger charge is 2.47. The van der Waals surface area contributed by atoms with Crippen LogP contribution in [-0.2, 0) is 15.0 Å². The van der Waals surface area contributed by atoms with Crippen molar-refractivity contribution in [3.05, 3.63) is 98.5 Å². The fourth-order valence-corrected chi connectivity index (χ4v) is 4.69. The van der Waals surface area contributed by atoms with Crippen molar-refractivity contribution in [1.82, 2.24) is 0 Å². The smallest absolute Gasteiger partial charge is 0.300 e. The first-order chi connectivity index (χ1) is 16.9. The highest BCUT2D eigenvalue weighted by atomic mass is 35.5. The van der Waals surface area contributed by atoms with Gasteiger partial charge in [0.1, 0.15) is 11.5 Å². The lowest BCUT2D eigenvalue weighted by Crippen LogP contribution is -2.29. The first kappa shape index (κ1) is 25.8. The Morgan fingerprint density at radius 3 is 2.31 bits per heavy atom. The van der Waals surface area contributed by atoms with E-state index < -0.39 is 17.7 Å². The number of ether oxygens (including phenoxy) is 1. The van der Waals surface area contributed by atoms with E-state index in [1.54, 1.807) is 30.3 Å². The zero-order valence-corrected chi connectivity index (χ0v) is 22.2. The predicted octanol–water partition coefficient (Wildman–Crippen LogP) is 7.23. The van der Waals surface area contributed by atoms with Gasteiger partial charge in [-0.2, -0.15) is 0 Å². The average Bonchev–Trinajstić information content (AvgIpc) is 3.10. The van der Waals surface area contributed by atoms with E-state index in [0.29, 0.717) is 27.6 Å². The number of methoxy groups -OCH3 is 1. The highest BCUT2D eigenvalue weighted by molar-refractivity contribution is 6.52. The summed E-state index contributed by atoms with van der Waals surface area (Å²) in [6.07, 6.45) is 0. The van der Waals surface area contributed by atoms with Crippen LogP contribution in [-0.4, -0.2) is 23.9 Å². The molecule has 36 heavy (non-hydrogen) atoms. The largest absolute Gasteiger partial charge is 0.507 e. The number of halogens is 2. The Labute approximate surface area is 220 Å². The number of benzene rings is 3. The third kappa shape index (κ3) is 4.61. The molecule has 1 aliphatic rings. The third-order valence-electron chi connectivity index (χ3n) is 6.30. The average molecular weight is 524 g/mol. The van der Waals surface area contributed by atoms with Crippen molar-refractivity contribution in [2.24, 2.45) is 0 Å². The molecule has 1 saturated heterocycles. The maximum atomic E-state index is 13.5. The molecule has 0 radical (unpaired) electrons. The van der Waals surface area contributed by atoms with Crippen LogP contribution in [0.2, 0.25) is 10.0 Å². The molecule has 1 fully saturated rings. The van der Waals surface area contributed by atoms with Gasteiger partial charge in [-0.15, -0.1) is 0 Å². The number of carbonyl (C=O) groups is 2. The van der Waals surface area contributed by atoms with Crippen LogP contribution >= 0.6 is 23.2 Å². The minimum Gasteiger partial charge on any atom is -0.507 e. The van der Waals surface area contributed by atoms with Crippen molar-refractivity contribution < 1.29 is 19.4 Å². The minimum absolute atomic E-state index is 0.0268. The zero-order valence-electron chi connectivity index (χ0n) is 20.7. The summed E-state index contributed by atoms with van der Waals surface area (Å²) in [4.78, 5) is 28.3. The highest BCUT2D eigenvalue weighted by Crippen LogP contribution is 2.44. The Kier molecular flexibility index (Phi) is 6.91. The van der Waals surface area contributed by atoms with Crippen molar-refractivity contribution in [1.29, 1.82) is 0 Å². The molecule has 0 saturated carbocycles. The summed E-state index contributed by atoms with van der Waals surface area (Å²) in [6, 6.07) is 16.8. The summed E-state index contributed by atoms with van der Waals surface area (Å²) in [7, 11) is 1.50. The maximum absolute atomic E-state index is 13.5. The number of nitrogens with zero attached hydrogens (tertiary/aromatic N) is 1. The monoisotopic (exact) mass is 523 g/mol. The summed E-state index contributed by atoms with van der Waals surface area (Å²) < 4.78 is 5.52. The van der Waals surface area contributed by atoms with Crippen LogP contribution < -0.4 is 9.64 Å². The van der Waals surface area contributed by atoms with Crippen LogP contribution in [0.1, 0.15) is 49.1 Å². The molecule has 0 spiro atoms. The molecule has 0 aromatic heterocycles. The first-order valence-electron chi connectivity index (χ1n) is 11.5. The number of ketones is 1. The lowest BCUT2D eigenvalue weighted by Gasteiger charge is -2.26. The maximum Gasteiger partial charge on any atom is 0.300 e. The number of aliphatic hydroxyl groups excluding tert-OH is 1. The number of Topliss-reactive ketones (excluding diaryl/α,β-unsaturated/α-hetero) is 1. The number of hydrogen-bond acceptors (Lipinski definition) is 4. The number of hydrogen-bond donors (Lipinski definition) is 1. The van der Waals surface area contributed by atoms with Gasteiger partial charge in [0.15, 0.2) is 0 Å². The minimum atomic E-state index is -0.884. The Bertz CT molecular complexity index is 1400. The Morgan fingerprint density at radius 1 is 0.972 bits per heavy atom. The standard InChI is InChI=1S/C29H27Cl2NO4/c1-16-7-6-8-17(13-16)25-24(26(33)20-14-18(29(2,3)4)9-12-23(20)36-5)27(34)28(35)32(25)19-10-11-21(30)22(31)15-19/h6-15,25,33H,1-5H3/b26-24+. The molecule has 4 rings (SSSR count). The van der Waals surface area contributed by atoms with Gasteiger partial charge in [0.05, 0.1) is 34.3 Å². The Balaban J connectivity index is 2.01. The topological polar surface area (TPSA) is 66.8 Å². The van der Waals surface area contributed by atoms with Gasteiger partial charge in [-0.05, 0) is 53.8 Å². The van der Waals surface area contributed by atoms with Gasteiger partial charge in [-0.3, -0.25) is 14.5 Å². The van der Waals surface area contributed by atoms with Crippen LogP contribution in [0.4, 0.5) is 5.69 Å². The molecule has 3 aromatic rings. The van der Waals surface area contributed by atoms with E-state index >= 15 is 0 Å². The predicted molar refractivity (Wildman–Crippen MR) is 144 cm³/mol. The van der Waals surface area contributed by atoms with Gasteiger partial charge >= 0.3 is 0 Å². The molecule has 0 aliphatic carbocycles. The SMILES string of the molecule is COc1ccc(C(C)(C)C)cc1/C(O)=C1\C(=O)C(=O)N(c2ccc(Cl)c(Cl)c2)C1c1cccc(C)c1. The van der Waals surface area contributed by atoms with Gasteiger partial charge in [-0.25, -0.2) is 0 Å². The van der Waals surface area contributed by atoms with E-state index in [1.807, 2.05) is 37.3 Å². The Hall–Kier alpha value is -3.28. The molecule has 7 heteroatoms. The van der Waals surface area contributed by atoms with Crippen LogP contribution in [0.25, 0.3) is 5.76 Å². The van der Waals surface area contributed by atoms with Gasteiger partial charge in [0.2, 0.25) is 0 Å². The molecule has 1 unspecified atom stereocenters. The van der Waals surface area contributed by atoms with Crippen molar-refractivity contribution in [3.63, 3.8) is 0 Å². The van der Waals surface area contributed by atoms with Crippen LogP contribution in [0.15, 0.2) is 66.2 Å². The normalized spacial score (nSPS) is 17.5. The van der Waals surface area contributed by atoms with Gasteiger partial charge < -0.3 is 9.84 Å². The van der Waals surface area contributed by atoms with E-state index in [0.717, 1.165) is 11.1 Å². The third-order valence-corrected chi connectivity index (χ3v) is 7.04. The number of rotatable bonds is 4. The summed E-state index contributed by atoms with van der Waals surface area (Å²) in [5.74, 6) is -1.48. The molecular formula is C29H27Cl2NO4. The molecular weight excluding hydrogens is 497 g/mol. The van der Waals surface area contributed by atoms with E-state index in [4.69, 9.17) is 27.9 Å². The van der Waals surface area contributed by atoms with E-state index in [1.165, 1.54) is 12.0 Å². The second kappa shape index (κ2) is 9.64. The molecule has 3 aromatic carbocycles. The molecule has 1 heterocycles. The van der Waals surface area contributed by atoms with E-state index in [2.05, 4.69) is 20.8 Å². The number of amides is 1. The van der Waals surface area contributed by atoms with Gasteiger partial charge in [0, 0.05) is 5.69 Å². The molecule has 186 valence electrons. The summed E-state index contributed by atoms with van der Waals surface area (Å²) in [5.41, 5.74) is 3.05. The molecule has 0 bridgehead atoms. The molecule has 5 nitrogen and oxygen atoms in total. The second-order valence-corrected chi connectivity index (χ2v) is 10.7. The number of anilines is 1. The summed E-state index contributed by atoms with van der Waals surface area (Å²) in [6.45, 7) is 8.07. The van der Waals surface area contributed by atoms with Crippen molar-refractivity contribution in [2.45, 2.75) is 39.2 Å². The van der Waals surface area contributed by atoms with Gasteiger partial charge in [-0.1, -0.05) is 79.9 Å². The number of carbonyl (C=O) groups excluding carboxylic acids is 2. The van der Waals surface area contributed by atoms with Crippen molar-refractivity contribution in [2.75, 3.05) is 12.0 Å².